The highest BCUT2D eigenvalue weighted by atomic mass is 16.4. The van der Waals surface area contributed by atoms with Gasteiger partial charge in [-0.25, -0.2) is 24.7 Å². The van der Waals surface area contributed by atoms with E-state index in [0.717, 1.165) is 10.6 Å². The van der Waals surface area contributed by atoms with Gasteiger partial charge in [0, 0.05) is 79.7 Å². The number of amides is 4. The highest BCUT2D eigenvalue weighted by Gasteiger charge is 2.29. The van der Waals surface area contributed by atoms with Crippen molar-refractivity contribution >= 4 is 69.6 Å². The SMILES string of the molecule is Cc1nc(N)c2nc(CN(C)c3ccc(C(=O)N[C@@H](CCCCC(=O)c4ccc(CC(=O)[C@H](C)NC(=O)[C@@H](CC(=O)CCCCCN5C(=O)C=CC5=O)C(C)C)cc4-c4nn[nH]n4)C(=O)O)cc3)cnc2n1. The molecule has 6 rings (SSSR count). The average molecular weight is 986 g/mol. The fourth-order valence-electron chi connectivity index (χ4n) is 8.18. The van der Waals surface area contributed by atoms with Crippen molar-refractivity contribution in [3.8, 4) is 11.4 Å². The van der Waals surface area contributed by atoms with Gasteiger partial charge in [-0.05, 0) is 86.6 Å². The molecule has 0 radical (unpaired) electrons. The van der Waals surface area contributed by atoms with Crippen LogP contribution < -0.4 is 21.3 Å². The van der Waals surface area contributed by atoms with Gasteiger partial charge in [-0.3, -0.25) is 38.5 Å². The van der Waals surface area contributed by atoms with Crippen LogP contribution in [-0.2, 0) is 41.7 Å². The molecule has 2 aromatic carbocycles. The van der Waals surface area contributed by atoms with Crippen LogP contribution in [0.15, 0.2) is 60.8 Å². The molecular weight excluding hydrogens is 927 g/mol. The maximum atomic E-state index is 13.6. The van der Waals surface area contributed by atoms with Crippen LogP contribution in [0.3, 0.4) is 0 Å². The Bertz CT molecular complexity index is 2830. The summed E-state index contributed by atoms with van der Waals surface area (Å²) in [6.45, 7) is 7.61. The number of hydrogen-bond acceptors (Lipinski definition) is 17. The Hall–Kier alpha value is -8.17. The van der Waals surface area contributed by atoms with Crippen LogP contribution in [0, 0.1) is 18.8 Å². The summed E-state index contributed by atoms with van der Waals surface area (Å²) in [5.74, 6) is -3.57. The fourth-order valence-corrected chi connectivity index (χ4v) is 8.18. The lowest BCUT2D eigenvalue weighted by Gasteiger charge is -2.22. The van der Waals surface area contributed by atoms with Crippen molar-refractivity contribution in [2.75, 3.05) is 24.2 Å². The fraction of sp³-hybridized carbons (Fsp3) is 0.420. The molecule has 3 atom stereocenters. The van der Waals surface area contributed by atoms with Gasteiger partial charge >= 0.3 is 5.97 Å². The monoisotopic (exact) mass is 985 g/mol. The summed E-state index contributed by atoms with van der Waals surface area (Å²) in [6.07, 6.45) is 6.67. The summed E-state index contributed by atoms with van der Waals surface area (Å²) >= 11 is 0. The predicted octanol–water partition coefficient (Wildman–Crippen LogP) is 4.09. The second-order valence-corrected chi connectivity index (χ2v) is 18.2. The topological polar surface area (TPSA) is 319 Å². The molecule has 6 N–H and O–H groups in total. The van der Waals surface area contributed by atoms with Crippen LogP contribution in [0.1, 0.15) is 116 Å². The Kier molecular flexibility index (Phi) is 18.2. The van der Waals surface area contributed by atoms with Crippen LogP contribution in [0.2, 0.25) is 0 Å². The molecule has 22 nitrogen and oxygen atoms in total. The Morgan fingerprint density at radius 1 is 0.875 bits per heavy atom. The lowest BCUT2D eigenvalue weighted by molar-refractivity contribution is -0.139. The van der Waals surface area contributed by atoms with Crippen molar-refractivity contribution in [3.05, 3.63) is 89.0 Å². The molecule has 22 heteroatoms. The number of aromatic amines is 1. The quantitative estimate of drug-likeness (QED) is 0.0281. The number of nitrogens with one attached hydrogen (secondary N) is 3. The number of aromatic nitrogens is 8. The van der Waals surface area contributed by atoms with Gasteiger partial charge in [-0.1, -0.05) is 38.8 Å². The number of carbonyl (C=O) groups is 8. The third-order valence-electron chi connectivity index (χ3n) is 12.3. The van der Waals surface area contributed by atoms with E-state index in [1.165, 1.54) is 12.2 Å². The van der Waals surface area contributed by atoms with Gasteiger partial charge < -0.3 is 26.4 Å². The molecule has 0 saturated heterocycles. The van der Waals surface area contributed by atoms with Crippen molar-refractivity contribution in [2.24, 2.45) is 11.8 Å². The van der Waals surface area contributed by atoms with Gasteiger partial charge in [0.25, 0.3) is 17.7 Å². The number of rotatable bonds is 27. The van der Waals surface area contributed by atoms with Crippen molar-refractivity contribution in [2.45, 2.75) is 111 Å². The summed E-state index contributed by atoms with van der Waals surface area (Å²) in [6, 6.07) is 9.35. The number of nitrogen functional groups attached to an aromatic ring is 1. The first-order valence-corrected chi connectivity index (χ1v) is 23.8. The first-order valence-electron chi connectivity index (χ1n) is 23.8. The highest BCUT2D eigenvalue weighted by Crippen LogP contribution is 2.26. The third kappa shape index (κ3) is 14.2. The number of nitrogens with zero attached hydrogens (tertiary/aromatic N) is 9. The average Bonchev–Trinajstić information content (AvgIpc) is 4.00. The predicted molar refractivity (Wildman–Crippen MR) is 263 cm³/mol. The van der Waals surface area contributed by atoms with E-state index in [-0.39, 0.29) is 96.5 Å². The summed E-state index contributed by atoms with van der Waals surface area (Å²) in [7, 11) is 1.84. The summed E-state index contributed by atoms with van der Waals surface area (Å²) < 4.78 is 0. The van der Waals surface area contributed by atoms with E-state index in [4.69, 9.17) is 5.73 Å². The maximum Gasteiger partial charge on any atom is 0.326 e. The number of imide groups is 1. The third-order valence-corrected chi connectivity index (χ3v) is 12.3. The van der Waals surface area contributed by atoms with Gasteiger partial charge in [-0.15, -0.1) is 10.2 Å². The molecule has 0 fully saturated rings. The normalized spacial score (nSPS) is 13.6. The molecule has 4 amide bonds. The molecule has 5 aromatic rings. The number of fused-ring (bicyclic) bond motifs is 1. The highest BCUT2D eigenvalue weighted by molar-refractivity contribution is 6.12. The standard InChI is InChI=1S/C50H59N13O9/c1-28(2)37(25-35(64)11-7-6-10-22-63-42(67)20-21-43(63)68)49(70)53-29(3)41(66)24-31-14-19-36(38(23-31)46-58-60-61-59-46)40(65)13-9-8-12-39(50(71)72)57-48(69)32-15-17-34(18-16-32)62(5)27-33-26-52-47-44(56-33)45(51)54-30(4)55-47/h14-21,23,26,28-29,37,39H,6-13,22,24-25,27H2,1-5H3,(H,53,70)(H,57,69)(H,71,72)(H2,51,52,54,55)(H,58,59,60,61)/t29-,37-,39-/m0/s1. The zero-order chi connectivity index (χ0) is 52.1. The molecular formula is C50H59N13O9. The minimum Gasteiger partial charge on any atom is -0.480 e. The number of anilines is 2. The van der Waals surface area contributed by atoms with Crippen LogP contribution in [0.25, 0.3) is 22.6 Å². The van der Waals surface area contributed by atoms with Crippen LogP contribution in [0.5, 0.6) is 0 Å². The molecule has 0 saturated carbocycles. The van der Waals surface area contributed by atoms with Crippen molar-refractivity contribution < 1.29 is 43.5 Å². The smallest absolute Gasteiger partial charge is 0.326 e. The van der Waals surface area contributed by atoms with Crippen LogP contribution >= 0.6 is 0 Å². The number of carboxylic acids is 1. The molecule has 1 aliphatic heterocycles. The molecule has 0 unspecified atom stereocenters. The van der Waals surface area contributed by atoms with Gasteiger partial charge in [-0.2, -0.15) is 5.21 Å². The van der Waals surface area contributed by atoms with Gasteiger partial charge in [0.15, 0.2) is 28.5 Å². The number of nitrogens with two attached hydrogens (primary N) is 1. The minimum absolute atomic E-state index is 0.00646. The number of carboxylic acid groups (broad SMARTS) is 1. The second kappa shape index (κ2) is 24.6. The van der Waals surface area contributed by atoms with E-state index in [1.807, 2.05) is 25.8 Å². The molecule has 72 heavy (non-hydrogen) atoms. The van der Waals surface area contributed by atoms with E-state index in [9.17, 15) is 43.5 Å². The number of ketones is 3. The minimum atomic E-state index is -1.22. The van der Waals surface area contributed by atoms with Crippen LogP contribution in [0.4, 0.5) is 11.5 Å². The van der Waals surface area contributed by atoms with Crippen molar-refractivity contribution in [1.82, 2.24) is 56.1 Å². The van der Waals surface area contributed by atoms with Gasteiger partial charge in [0.1, 0.15) is 17.6 Å². The molecule has 0 bridgehead atoms. The number of Topliss-reactive ketones (excluding diaryl/α,β-unsaturated/α-hetero) is 3. The molecule has 0 aliphatic carbocycles. The number of aliphatic carboxylic acids is 1. The number of unbranched alkanes of at least 4 members (excludes halogenated alkanes) is 3. The van der Waals surface area contributed by atoms with Crippen molar-refractivity contribution in [1.29, 1.82) is 0 Å². The molecule has 3 aromatic heterocycles. The first-order chi connectivity index (χ1) is 34.4. The zero-order valence-electron chi connectivity index (χ0n) is 40.9. The lowest BCUT2D eigenvalue weighted by atomic mass is 9.88. The largest absolute Gasteiger partial charge is 0.480 e. The Labute approximate surface area is 415 Å². The number of aryl methyl sites for hydroxylation is 1. The summed E-state index contributed by atoms with van der Waals surface area (Å²) in [5, 5.41) is 29.4. The lowest BCUT2D eigenvalue weighted by Crippen LogP contribution is -2.44. The maximum absolute atomic E-state index is 13.6. The van der Waals surface area contributed by atoms with E-state index in [2.05, 4.69) is 51.2 Å². The summed E-state index contributed by atoms with van der Waals surface area (Å²) in [4.78, 5) is 123. The van der Waals surface area contributed by atoms with Crippen LogP contribution in [-0.4, -0.2) is 123 Å². The number of hydrogen-bond donors (Lipinski definition) is 5. The summed E-state index contributed by atoms with van der Waals surface area (Å²) in [5.41, 5.74) is 9.60. The number of carbonyl (C=O) groups excluding carboxylic acids is 7. The molecule has 378 valence electrons. The first kappa shape index (κ1) is 53.2. The number of H-pyrrole nitrogens is 1. The Balaban J connectivity index is 0.961. The zero-order valence-corrected chi connectivity index (χ0v) is 40.9. The van der Waals surface area contributed by atoms with E-state index < -0.39 is 35.8 Å². The number of tetrazole rings is 1. The van der Waals surface area contributed by atoms with Crippen molar-refractivity contribution in [3.63, 3.8) is 0 Å². The molecule has 1 aliphatic rings. The second-order valence-electron chi connectivity index (χ2n) is 18.2. The van der Waals surface area contributed by atoms with E-state index >= 15 is 0 Å². The van der Waals surface area contributed by atoms with E-state index in [1.54, 1.807) is 62.5 Å². The molecule has 4 heterocycles. The Morgan fingerprint density at radius 2 is 1.60 bits per heavy atom. The number of benzene rings is 2. The van der Waals surface area contributed by atoms with E-state index in [0.29, 0.717) is 72.5 Å². The van der Waals surface area contributed by atoms with Gasteiger partial charge in [0.2, 0.25) is 11.7 Å². The van der Waals surface area contributed by atoms with Gasteiger partial charge in [0.05, 0.1) is 24.5 Å². The Morgan fingerprint density at radius 3 is 2.28 bits per heavy atom. The molecule has 0 spiro atoms.